The summed E-state index contributed by atoms with van der Waals surface area (Å²) in [6.07, 6.45) is -3.35. The molecule has 1 aromatic heterocycles. The van der Waals surface area contributed by atoms with Crippen molar-refractivity contribution in [3.63, 3.8) is 0 Å². The van der Waals surface area contributed by atoms with E-state index in [9.17, 15) is 36.3 Å². The summed E-state index contributed by atoms with van der Waals surface area (Å²) in [7, 11) is -4.39. The number of amides is 1. The van der Waals surface area contributed by atoms with Crippen LogP contribution in [-0.2, 0) is 19.6 Å². The van der Waals surface area contributed by atoms with Crippen LogP contribution in [0.4, 0.5) is 29.3 Å². The summed E-state index contributed by atoms with van der Waals surface area (Å²) < 4.78 is 83.6. The minimum atomic E-state index is -4.83. The van der Waals surface area contributed by atoms with Gasteiger partial charge >= 0.3 is 18.2 Å². The molecule has 1 aliphatic heterocycles. The van der Waals surface area contributed by atoms with Crippen LogP contribution < -0.4 is 19.1 Å². The number of benzene rings is 1. The van der Waals surface area contributed by atoms with Crippen molar-refractivity contribution in [1.82, 2.24) is 10.2 Å². The van der Waals surface area contributed by atoms with Crippen molar-refractivity contribution >= 4 is 33.5 Å². The van der Waals surface area contributed by atoms with E-state index in [1.54, 1.807) is 6.92 Å². The number of H-pyrrole nitrogens is 1. The summed E-state index contributed by atoms with van der Waals surface area (Å²) in [5, 5.41) is 17.8. The number of carbonyl (C=O) groups is 2. The fourth-order valence-corrected chi connectivity index (χ4v) is 4.85. The highest BCUT2D eigenvalue weighted by Crippen LogP contribution is 2.41. The van der Waals surface area contributed by atoms with E-state index in [4.69, 9.17) is 9.47 Å². The van der Waals surface area contributed by atoms with Gasteiger partial charge in [0.05, 0.1) is 30.5 Å². The summed E-state index contributed by atoms with van der Waals surface area (Å²) in [6, 6.07) is 3.78. The minimum Gasteiger partial charge on any atom is -0.482 e. The third kappa shape index (κ3) is 6.43. The SMILES string of the molecule is CCOc1[nH]ncc1S(=O)(=O)N1CC(/C=C/C(C)(C)C(=O)O)Oc2ccc(NC(=O)OC(C)(C)C(F)(F)F)cc21. The zero-order valence-electron chi connectivity index (χ0n) is 22.2. The molecular weight excluding hydrogens is 561 g/mol. The number of carbonyl (C=O) groups excluding carboxylic acids is 1. The third-order valence-electron chi connectivity index (χ3n) is 5.84. The molecule has 0 spiro atoms. The number of sulfonamides is 1. The smallest absolute Gasteiger partial charge is 0.427 e. The first kappa shape index (κ1) is 30.6. The predicted octanol–water partition coefficient (Wildman–Crippen LogP) is 4.32. The fourth-order valence-electron chi connectivity index (χ4n) is 3.35. The second-order valence-electron chi connectivity index (χ2n) is 9.78. The first-order chi connectivity index (χ1) is 18.4. The summed E-state index contributed by atoms with van der Waals surface area (Å²) in [5.74, 6) is -1.20. The number of hydrogen-bond acceptors (Lipinski definition) is 8. The molecule has 0 saturated heterocycles. The van der Waals surface area contributed by atoms with Gasteiger partial charge in [-0.3, -0.25) is 14.4 Å². The molecule has 0 radical (unpaired) electrons. The second kappa shape index (κ2) is 10.9. The number of carboxylic acids is 1. The van der Waals surface area contributed by atoms with Gasteiger partial charge in [0.1, 0.15) is 11.9 Å². The van der Waals surface area contributed by atoms with Crippen LogP contribution in [0.5, 0.6) is 11.6 Å². The van der Waals surface area contributed by atoms with E-state index in [0.29, 0.717) is 13.8 Å². The maximum atomic E-state index is 13.8. The standard InChI is InChI=1S/C24H29F3N4O8S/c1-6-37-19-18(12-28-30-19)40(35,36)31-13-15(9-10-22(2,3)20(32)33)38-17-8-7-14(11-16(17)31)29-21(34)39-23(4,5)24(25,26)27/h7-12,15H,6,13H2,1-5H3,(H,28,30)(H,29,34)(H,32,33)/b10-9+. The lowest BCUT2D eigenvalue weighted by atomic mass is 9.93. The van der Waals surface area contributed by atoms with Crippen LogP contribution in [-0.4, -0.2) is 66.8 Å². The quantitative estimate of drug-likeness (QED) is 0.361. The van der Waals surface area contributed by atoms with Gasteiger partial charge in [-0.2, -0.15) is 18.3 Å². The molecule has 12 nitrogen and oxygen atoms in total. The molecule has 0 aliphatic carbocycles. The zero-order valence-corrected chi connectivity index (χ0v) is 23.0. The van der Waals surface area contributed by atoms with E-state index < -0.39 is 45.4 Å². The monoisotopic (exact) mass is 590 g/mol. The fraction of sp³-hybridized carbons (Fsp3) is 0.458. The van der Waals surface area contributed by atoms with E-state index in [1.807, 2.05) is 0 Å². The van der Waals surface area contributed by atoms with E-state index >= 15 is 0 Å². The average molecular weight is 591 g/mol. The number of hydrogen-bond donors (Lipinski definition) is 3. The Labute approximate surface area is 228 Å². The molecule has 0 bridgehead atoms. The van der Waals surface area contributed by atoms with Crippen molar-refractivity contribution < 1.29 is 50.5 Å². The van der Waals surface area contributed by atoms with Crippen molar-refractivity contribution in [3.8, 4) is 11.6 Å². The molecule has 1 atom stereocenters. The zero-order chi connectivity index (χ0) is 30.1. The first-order valence-electron chi connectivity index (χ1n) is 11.9. The van der Waals surface area contributed by atoms with E-state index in [1.165, 1.54) is 44.2 Å². The van der Waals surface area contributed by atoms with Gasteiger partial charge in [0.15, 0.2) is 4.90 Å². The van der Waals surface area contributed by atoms with Gasteiger partial charge < -0.3 is 19.3 Å². The van der Waals surface area contributed by atoms with Crippen LogP contribution >= 0.6 is 0 Å². The average Bonchev–Trinajstić information content (AvgIpc) is 3.30. The lowest BCUT2D eigenvalue weighted by Gasteiger charge is -2.35. The number of aromatic nitrogens is 2. The number of aliphatic carboxylic acids is 1. The maximum absolute atomic E-state index is 13.8. The Bertz CT molecular complexity index is 1400. The molecular formula is C24H29F3N4O8S. The Morgan fingerprint density at radius 3 is 2.55 bits per heavy atom. The molecule has 40 heavy (non-hydrogen) atoms. The molecule has 3 N–H and O–H groups in total. The van der Waals surface area contributed by atoms with Gasteiger partial charge in [0.25, 0.3) is 10.0 Å². The molecule has 1 aromatic carbocycles. The molecule has 1 amide bonds. The lowest BCUT2D eigenvalue weighted by Crippen LogP contribution is -2.44. The topological polar surface area (TPSA) is 160 Å². The number of aromatic amines is 1. The highest BCUT2D eigenvalue weighted by atomic mass is 32.2. The van der Waals surface area contributed by atoms with Crippen LogP contribution in [0.1, 0.15) is 34.6 Å². The number of carboxylic acid groups (broad SMARTS) is 1. The molecule has 16 heteroatoms. The highest BCUT2D eigenvalue weighted by molar-refractivity contribution is 7.93. The molecule has 0 saturated carbocycles. The number of alkyl halides is 3. The summed E-state index contributed by atoms with van der Waals surface area (Å²) in [6.45, 7) is 5.72. The summed E-state index contributed by atoms with van der Waals surface area (Å²) in [5.41, 5.74) is -4.20. The number of nitrogens with one attached hydrogen (secondary N) is 2. The van der Waals surface area contributed by atoms with Gasteiger partial charge in [-0.15, -0.1) is 0 Å². The summed E-state index contributed by atoms with van der Waals surface area (Å²) in [4.78, 5) is 23.4. The number of rotatable bonds is 9. The van der Waals surface area contributed by atoms with Gasteiger partial charge in [-0.05, 0) is 58.9 Å². The van der Waals surface area contributed by atoms with Crippen LogP contribution in [0.2, 0.25) is 0 Å². The lowest BCUT2D eigenvalue weighted by molar-refractivity contribution is -0.242. The van der Waals surface area contributed by atoms with Crippen LogP contribution in [0.15, 0.2) is 41.4 Å². The molecule has 1 aliphatic rings. The second-order valence-corrected chi connectivity index (χ2v) is 11.6. The van der Waals surface area contributed by atoms with E-state index in [0.717, 1.165) is 10.5 Å². The van der Waals surface area contributed by atoms with Crippen molar-refractivity contribution in [2.75, 3.05) is 22.8 Å². The summed E-state index contributed by atoms with van der Waals surface area (Å²) >= 11 is 0. The van der Waals surface area contributed by atoms with Crippen LogP contribution in [0.3, 0.4) is 0 Å². The van der Waals surface area contributed by atoms with Crippen molar-refractivity contribution in [2.24, 2.45) is 5.41 Å². The van der Waals surface area contributed by atoms with E-state index in [-0.39, 0.29) is 41.1 Å². The largest absolute Gasteiger partial charge is 0.482 e. The van der Waals surface area contributed by atoms with Crippen molar-refractivity contribution in [1.29, 1.82) is 0 Å². The van der Waals surface area contributed by atoms with E-state index in [2.05, 4.69) is 20.3 Å². The van der Waals surface area contributed by atoms with Crippen LogP contribution in [0.25, 0.3) is 0 Å². The van der Waals surface area contributed by atoms with Crippen LogP contribution in [0, 0.1) is 5.41 Å². The Hall–Kier alpha value is -3.95. The normalized spacial score (nSPS) is 16.3. The van der Waals surface area contributed by atoms with Gasteiger partial charge in [0, 0.05) is 5.69 Å². The van der Waals surface area contributed by atoms with Gasteiger partial charge in [0.2, 0.25) is 11.5 Å². The molecule has 2 aromatic rings. The number of nitrogens with zero attached hydrogens (tertiary/aromatic N) is 2. The minimum absolute atomic E-state index is 0.0357. The molecule has 3 rings (SSSR count). The van der Waals surface area contributed by atoms with Crippen molar-refractivity contribution in [2.45, 2.75) is 57.4 Å². The molecule has 0 fully saturated rings. The molecule has 220 valence electrons. The number of anilines is 2. The number of ether oxygens (including phenoxy) is 3. The maximum Gasteiger partial charge on any atom is 0.427 e. The van der Waals surface area contributed by atoms with Crippen molar-refractivity contribution in [3.05, 3.63) is 36.5 Å². The van der Waals surface area contributed by atoms with Gasteiger partial charge in [-0.25, -0.2) is 18.3 Å². The Balaban J connectivity index is 2.02. The third-order valence-corrected chi connectivity index (χ3v) is 7.61. The predicted molar refractivity (Wildman–Crippen MR) is 136 cm³/mol. The molecule has 2 heterocycles. The number of fused-ring (bicyclic) bond motifs is 1. The Morgan fingerprint density at radius 2 is 1.95 bits per heavy atom. The number of halogens is 3. The first-order valence-corrected chi connectivity index (χ1v) is 13.3. The Morgan fingerprint density at radius 1 is 1.27 bits per heavy atom. The Kier molecular flexibility index (Phi) is 8.34. The molecule has 1 unspecified atom stereocenters. The highest BCUT2D eigenvalue weighted by Gasteiger charge is 2.51. The van der Waals surface area contributed by atoms with Gasteiger partial charge in [-0.1, -0.05) is 6.08 Å².